The SMILES string of the molecule is C#CCOc1ccc([C@H](C[N+](=O)[O-])Sc2nnc(C)n2-c2ccc(Cl)cc2)cc1OCC. The molecule has 0 bridgehead atoms. The lowest BCUT2D eigenvalue weighted by atomic mass is 10.1. The van der Waals surface area contributed by atoms with Crippen LogP contribution in [0.1, 0.15) is 23.6 Å². The number of hydrogen-bond acceptors (Lipinski definition) is 7. The third-order valence-corrected chi connectivity index (χ3v) is 5.83. The van der Waals surface area contributed by atoms with Gasteiger partial charge in [-0.2, -0.15) is 0 Å². The zero-order valence-electron chi connectivity index (χ0n) is 17.5. The molecule has 0 aliphatic rings. The van der Waals surface area contributed by atoms with Crippen molar-refractivity contribution in [2.24, 2.45) is 0 Å². The molecule has 10 heteroatoms. The Morgan fingerprint density at radius 1 is 1.22 bits per heavy atom. The Hall–Kier alpha value is -3.22. The van der Waals surface area contributed by atoms with Crippen molar-refractivity contribution in [3.05, 3.63) is 69.0 Å². The van der Waals surface area contributed by atoms with Crippen molar-refractivity contribution in [1.29, 1.82) is 0 Å². The van der Waals surface area contributed by atoms with Gasteiger partial charge in [0, 0.05) is 15.6 Å². The third kappa shape index (κ3) is 5.72. The van der Waals surface area contributed by atoms with Crippen molar-refractivity contribution in [3.63, 3.8) is 0 Å². The van der Waals surface area contributed by atoms with Crippen LogP contribution < -0.4 is 9.47 Å². The number of nitrogens with zero attached hydrogens (tertiary/aromatic N) is 4. The molecule has 8 nitrogen and oxygen atoms in total. The van der Waals surface area contributed by atoms with E-state index in [0.29, 0.717) is 39.7 Å². The van der Waals surface area contributed by atoms with E-state index >= 15 is 0 Å². The van der Waals surface area contributed by atoms with Gasteiger partial charge in [-0.25, -0.2) is 0 Å². The van der Waals surface area contributed by atoms with Crippen molar-refractivity contribution in [1.82, 2.24) is 14.8 Å². The first-order chi connectivity index (χ1) is 15.4. The molecule has 0 saturated heterocycles. The normalized spacial score (nSPS) is 11.6. The van der Waals surface area contributed by atoms with Crippen molar-refractivity contribution in [2.45, 2.75) is 24.3 Å². The molecule has 1 atom stereocenters. The molecule has 3 aromatic rings. The number of terminal acetylenes is 1. The lowest BCUT2D eigenvalue weighted by molar-refractivity contribution is -0.479. The highest BCUT2D eigenvalue weighted by Gasteiger charge is 2.25. The summed E-state index contributed by atoms with van der Waals surface area (Å²) in [4.78, 5) is 11.1. The molecule has 2 aromatic carbocycles. The molecular formula is C22H21ClN4O4S. The van der Waals surface area contributed by atoms with Gasteiger partial charge in [-0.05, 0) is 55.8 Å². The summed E-state index contributed by atoms with van der Waals surface area (Å²) in [7, 11) is 0. The largest absolute Gasteiger partial charge is 0.490 e. The second kappa shape index (κ2) is 10.9. The first-order valence-electron chi connectivity index (χ1n) is 9.72. The quantitative estimate of drug-likeness (QED) is 0.182. The van der Waals surface area contributed by atoms with E-state index < -0.39 is 5.25 Å². The highest BCUT2D eigenvalue weighted by atomic mass is 35.5. The summed E-state index contributed by atoms with van der Waals surface area (Å²) in [5.74, 6) is 4.03. The molecule has 32 heavy (non-hydrogen) atoms. The molecular weight excluding hydrogens is 452 g/mol. The van der Waals surface area contributed by atoms with Crippen molar-refractivity contribution >= 4 is 23.4 Å². The Kier molecular flexibility index (Phi) is 7.98. The highest BCUT2D eigenvalue weighted by Crippen LogP contribution is 2.39. The second-order valence-corrected chi connectivity index (χ2v) is 8.20. The van der Waals surface area contributed by atoms with Gasteiger partial charge in [0.1, 0.15) is 17.7 Å². The summed E-state index contributed by atoms with van der Waals surface area (Å²) in [6.07, 6.45) is 5.27. The molecule has 0 aliphatic heterocycles. The van der Waals surface area contributed by atoms with E-state index in [9.17, 15) is 10.1 Å². The fourth-order valence-corrected chi connectivity index (χ4v) is 4.30. The van der Waals surface area contributed by atoms with Crippen LogP contribution in [0.15, 0.2) is 47.6 Å². The predicted octanol–water partition coefficient (Wildman–Crippen LogP) is 4.75. The number of nitro groups is 1. The van der Waals surface area contributed by atoms with Gasteiger partial charge in [0.05, 0.1) is 6.61 Å². The van der Waals surface area contributed by atoms with Gasteiger partial charge in [-0.3, -0.25) is 14.7 Å². The minimum atomic E-state index is -0.541. The lowest BCUT2D eigenvalue weighted by Gasteiger charge is -2.17. The van der Waals surface area contributed by atoms with Crippen LogP contribution in [0.5, 0.6) is 11.5 Å². The number of halogens is 1. The topological polar surface area (TPSA) is 92.3 Å². The molecule has 0 spiro atoms. The molecule has 1 heterocycles. The van der Waals surface area contributed by atoms with Crippen LogP contribution in [0.25, 0.3) is 5.69 Å². The predicted molar refractivity (Wildman–Crippen MR) is 124 cm³/mol. The summed E-state index contributed by atoms with van der Waals surface area (Å²) in [6.45, 7) is 3.85. The smallest absolute Gasteiger partial charge is 0.220 e. The van der Waals surface area contributed by atoms with Gasteiger partial charge in [0.25, 0.3) is 0 Å². The monoisotopic (exact) mass is 472 g/mol. The summed E-state index contributed by atoms with van der Waals surface area (Å²) in [5, 5.41) is 20.5. The van der Waals surface area contributed by atoms with Gasteiger partial charge >= 0.3 is 0 Å². The third-order valence-electron chi connectivity index (χ3n) is 4.39. The van der Waals surface area contributed by atoms with E-state index in [1.54, 1.807) is 30.3 Å². The summed E-state index contributed by atoms with van der Waals surface area (Å²) in [5.41, 5.74) is 1.51. The zero-order valence-corrected chi connectivity index (χ0v) is 19.1. The van der Waals surface area contributed by atoms with Crippen molar-refractivity contribution in [2.75, 3.05) is 19.8 Å². The molecule has 1 aromatic heterocycles. The Morgan fingerprint density at radius 2 is 1.97 bits per heavy atom. The minimum absolute atomic E-state index is 0.0932. The van der Waals surface area contributed by atoms with Gasteiger partial charge < -0.3 is 9.47 Å². The molecule has 0 aliphatic carbocycles. The van der Waals surface area contributed by atoms with Crippen LogP contribution in [-0.4, -0.2) is 39.4 Å². The Morgan fingerprint density at radius 3 is 2.62 bits per heavy atom. The maximum Gasteiger partial charge on any atom is 0.220 e. The number of benzene rings is 2. The molecule has 0 saturated carbocycles. The number of rotatable bonds is 10. The maximum absolute atomic E-state index is 11.4. The van der Waals surface area contributed by atoms with Crippen LogP contribution in [0.3, 0.4) is 0 Å². The fourth-order valence-electron chi connectivity index (χ4n) is 3.01. The molecule has 3 rings (SSSR count). The molecule has 0 fully saturated rings. The summed E-state index contributed by atoms with van der Waals surface area (Å²) in [6, 6.07) is 12.4. The van der Waals surface area contributed by atoms with E-state index in [0.717, 1.165) is 5.69 Å². The lowest BCUT2D eigenvalue weighted by Crippen LogP contribution is -2.11. The standard InChI is InChI=1S/C22H21ClN4O4S/c1-4-12-31-19-11-6-16(13-20(19)30-5-2)21(14-26(28)29)32-22-25-24-15(3)27(22)18-9-7-17(23)8-10-18/h1,6-11,13,21H,5,12,14H2,2-3H3/t21-/m0/s1. The number of aromatic nitrogens is 3. The number of ether oxygens (including phenoxy) is 2. The first-order valence-corrected chi connectivity index (χ1v) is 11.0. The Balaban J connectivity index is 1.97. The van der Waals surface area contributed by atoms with E-state index in [1.807, 2.05) is 30.5 Å². The second-order valence-electron chi connectivity index (χ2n) is 6.60. The Bertz CT molecular complexity index is 1130. The molecule has 0 unspecified atom stereocenters. The average molecular weight is 473 g/mol. The number of aryl methyl sites for hydroxylation is 1. The van der Waals surface area contributed by atoms with Crippen molar-refractivity contribution < 1.29 is 14.4 Å². The van der Waals surface area contributed by atoms with E-state index in [4.69, 9.17) is 27.5 Å². The number of hydrogen-bond donors (Lipinski definition) is 0. The zero-order chi connectivity index (χ0) is 23.1. The maximum atomic E-state index is 11.4. The minimum Gasteiger partial charge on any atom is -0.490 e. The molecule has 166 valence electrons. The van der Waals surface area contributed by atoms with Crippen LogP contribution in [0, 0.1) is 29.4 Å². The van der Waals surface area contributed by atoms with E-state index in [1.165, 1.54) is 11.8 Å². The highest BCUT2D eigenvalue weighted by molar-refractivity contribution is 7.99. The van der Waals surface area contributed by atoms with Gasteiger partial charge in [-0.1, -0.05) is 35.3 Å². The molecule has 0 radical (unpaired) electrons. The van der Waals surface area contributed by atoms with Crippen LogP contribution in [0.4, 0.5) is 0 Å². The van der Waals surface area contributed by atoms with E-state index in [2.05, 4.69) is 16.1 Å². The molecule has 0 N–H and O–H groups in total. The van der Waals surface area contributed by atoms with Crippen molar-refractivity contribution in [3.8, 4) is 29.5 Å². The average Bonchev–Trinajstić information content (AvgIpc) is 3.13. The Labute approximate surface area is 195 Å². The van der Waals surface area contributed by atoms with Crippen LogP contribution in [0.2, 0.25) is 5.02 Å². The molecule has 0 amide bonds. The van der Waals surface area contributed by atoms with E-state index in [-0.39, 0.29) is 18.1 Å². The summed E-state index contributed by atoms with van der Waals surface area (Å²) < 4.78 is 13.0. The first kappa shape index (κ1) is 23.4. The number of thioether (sulfide) groups is 1. The van der Waals surface area contributed by atoms with Gasteiger partial charge in [-0.15, -0.1) is 16.6 Å². The van der Waals surface area contributed by atoms with Gasteiger partial charge in [0.15, 0.2) is 16.7 Å². The fraction of sp³-hybridized carbons (Fsp3) is 0.273. The summed E-state index contributed by atoms with van der Waals surface area (Å²) >= 11 is 7.26. The van der Waals surface area contributed by atoms with Crippen LogP contribution in [-0.2, 0) is 0 Å². The van der Waals surface area contributed by atoms with Crippen LogP contribution >= 0.6 is 23.4 Å². The van der Waals surface area contributed by atoms with Gasteiger partial charge in [0.2, 0.25) is 6.54 Å².